The van der Waals surface area contributed by atoms with Gasteiger partial charge in [-0.05, 0) is 29.2 Å². The van der Waals surface area contributed by atoms with E-state index in [-0.39, 0.29) is 17.9 Å². The first kappa shape index (κ1) is 20.8. The third-order valence-electron chi connectivity index (χ3n) is 4.93. The maximum absolute atomic E-state index is 12.6. The van der Waals surface area contributed by atoms with Crippen LogP contribution in [0.4, 0.5) is 0 Å². The van der Waals surface area contributed by atoms with Crippen LogP contribution in [0.15, 0.2) is 75.0 Å². The van der Waals surface area contributed by atoms with E-state index in [9.17, 15) is 9.59 Å². The molecule has 0 N–H and O–H groups in total. The summed E-state index contributed by atoms with van der Waals surface area (Å²) in [5.41, 5.74) is 1.19. The van der Waals surface area contributed by atoms with Gasteiger partial charge in [-0.3, -0.25) is 18.7 Å². The molecule has 0 radical (unpaired) electrons. The molecule has 2 aromatic heterocycles. The molecule has 0 atom stereocenters. The predicted molar refractivity (Wildman–Crippen MR) is 119 cm³/mol. The van der Waals surface area contributed by atoms with Crippen molar-refractivity contribution in [3.8, 4) is 17.1 Å². The van der Waals surface area contributed by atoms with E-state index in [0.29, 0.717) is 16.5 Å². The highest BCUT2D eigenvalue weighted by Crippen LogP contribution is 2.25. The van der Waals surface area contributed by atoms with Gasteiger partial charge >= 0.3 is 11.1 Å². The smallest absolute Gasteiger partial charge is 0.320 e. The molecule has 2 aromatic carbocycles. The fraction of sp³-hybridized carbons (Fsp3) is 0.217. The summed E-state index contributed by atoms with van der Waals surface area (Å²) in [7, 11) is 0. The van der Waals surface area contributed by atoms with Crippen molar-refractivity contribution in [1.82, 2.24) is 19.3 Å². The van der Waals surface area contributed by atoms with E-state index in [0.717, 1.165) is 5.56 Å². The Kier molecular flexibility index (Phi) is 5.37. The minimum Gasteiger partial charge on any atom is -0.337 e. The first-order valence-electron chi connectivity index (χ1n) is 9.74. The summed E-state index contributed by atoms with van der Waals surface area (Å²) in [6, 6.07) is 14.7. The Morgan fingerprint density at radius 1 is 1.00 bits per heavy atom. The minimum atomic E-state index is -0.697. The Balaban J connectivity index is 1.58. The van der Waals surface area contributed by atoms with Gasteiger partial charge in [0.15, 0.2) is 0 Å². The van der Waals surface area contributed by atoms with Crippen molar-refractivity contribution in [2.24, 2.45) is 0 Å². The van der Waals surface area contributed by atoms with Crippen LogP contribution in [0.25, 0.3) is 17.1 Å². The highest BCUT2D eigenvalue weighted by Gasteiger charge is 2.15. The molecule has 0 fully saturated rings. The second-order valence-corrected chi connectivity index (χ2v) is 8.66. The molecule has 4 aromatic rings. The van der Waals surface area contributed by atoms with Crippen molar-refractivity contribution >= 4 is 11.6 Å². The summed E-state index contributed by atoms with van der Waals surface area (Å²) in [5, 5.41) is 4.48. The fourth-order valence-electron chi connectivity index (χ4n) is 3.16. The molecule has 0 amide bonds. The number of hydrogen-bond acceptors (Lipinski definition) is 5. The Hall–Kier alpha value is -3.45. The molecule has 0 saturated carbocycles. The summed E-state index contributed by atoms with van der Waals surface area (Å²) < 4.78 is 7.79. The first-order valence-corrected chi connectivity index (χ1v) is 10.1. The Morgan fingerprint density at radius 2 is 1.74 bits per heavy atom. The highest BCUT2D eigenvalue weighted by atomic mass is 35.5. The van der Waals surface area contributed by atoms with Gasteiger partial charge in [0.25, 0.3) is 0 Å². The van der Waals surface area contributed by atoms with Gasteiger partial charge in [-0.2, -0.15) is 4.98 Å². The zero-order valence-corrected chi connectivity index (χ0v) is 18.1. The van der Waals surface area contributed by atoms with Crippen LogP contribution in [0.5, 0.6) is 0 Å². The van der Waals surface area contributed by atoms with Crippen LogP contribution in [0, 0.1) is 0 Å². The van der Waals surface area contributed by atoms with Crippen LogP contribution < -0.4 is 11.1 Å². The van der Waals surface area contributed by atoms with Crippen LogP contribution in [0.3, 0.4) is 0 Å². The predicted octanol–water partition coefficient (Wildman–Crippen LogP) is 4.05. The molecule has 0 bridgehead atoms. The van der Waals surface area contributed by atoms with Gasteiger partial charge in [0.2, 0.25) is 11.7 Å². The van der Waals surface area contributed by atoms with Crippen LogP contribution in [0.2, 0.25) is 5.02 Å². The molecule has 31 heavy (non-hydrogen) atoms. The van der Waals surface area contributed by atoms with E-state index in [1.165, 1.54) is 27.1 Å². The molecule has 0 aliphatic rings. The summed E-state index contributed by atoms with van der Waals surface area (Å²) in [6.45, 7) is 6.43. The van der Waals surface area contributed by atoms with Crippen molar-refractivity contribution in [1.29, 1.82) is 0 Å². The van der Waals surface area contributed by atoms with Gasteiger partial charge in [0.1, 0.15) is 6.54 Å². The van der Waals surface area contributed by atoms with Gasteiger partial charge in [0, 0.05) is 23.0 Å². The monoisotopic (exact) mass is 436 g/mol. The van der Waals surface area contributed by atoms with Crippen LogP contribution in [-0.4, -0.2) is 19.3 Å². The van der Waals surface area contributed by atoms with E-state index >= 15 is 0 Å². The lowest BCUT2D eigenvalue weighted by Gasteiger charge is -2.18. The number of aromatic nitrogens is 4. The Labute approximate surface area is 183 Å². The molecule has 0 aliphatic heterocycles. The molecule has 0 unspecified atom stereocenters. The van der Waals surface area contributed by atoms with Crippen molar-refractivity contribution in [2.75, 3.05) is 0 Å². The van der Waals surface area contributed by atoms with Gasteiger partial charge < -0.3 is 4.52 Å². The Morgan fingerprint density at radius 3 is 2.42 bits per heavy atom. The fourth-order valence-corrected chi connectivity index (χ4v) is 3.35. The topological polar surface area (TPSA) is 82.9 Å². The summed E-state index contributed by atoms with van der Waals surface area (Å²) in [6.07, 6.45) is 3.02. The van der Waals surface area contributed by atoms with Crippen molar-refractivity contribution in [3.05, 3.63) is 98.1 Å². The van der Waals surface area contributed by atoms with E-state index in [1.54, 1.807) is 24.3 Å². The zero-order valence-electron chi connectivity index (χ0n) is 17.4. The lowest BCUT2D eigenvalue weighted by Crippen LogP contribution is -2.40. The summed E-state index contributed by atoms with van der Waals surface area (Å²) in [5.74, 6) is 0.660. The average Bonchev–Trinajstić information content (AvgIpc) is 3.20. The third kappa shape index (κ3) is 4.36. The number of rotatable bonds is 4. The van der Waals surface area contributed by atoms with Gasteiger partial charge in [0.05, 0.1) is 5.69 Å². The van der Waals surface area contributed by atoms with Crippen LogP contribution in [-0.2, 0) is 12.0 Å². The molecule has 0 aliphatic carbocycles. The van der Waals surface area contributed by atoms with Crippen molar-refractivity contribution in [3.63, 3.8) is 0 Å². The number of hydrogen-bond donors (Lipinski definition) is 0. The lowest BCUT2D eigenvalue weighted by molar-refractivity contribution is 0.369. The van der Waals surface area contributed by atoms with Gasteiger partial charge in [-0.1, -0.05) is 67.9 Å². The van der Waals surface area contributed by atoms with Crippen molar-refractivity contribution in [2.45, 2.75) is 32.7 Å². The third-order valence-corrected chi connectivity index (χ3v) is 5.16. The average molecular weight is 437 g/mol. The highest BCUT2D eigenvalue weighted by molar-refractivity contribution is 6.30. The number of nitrogens with zero attached hydrogens (tertiary/aromatic N) is 4. The molecular weight excluding hydrogens is 416 g/mol. The largest absolute Gasteiger partial charge is 0.337 e. The van der Waals surface area contributed by atoms with E-state index in [1.807, 2.05) is 24.3 Å². The van der Waals surface area contributed by atoms with Gasteiger partial charge in [-0.15, -0.1) is 0 Å². The lowest BCUT2D eigenvalue weighted by atomic mass is 9.87. The molecule has 2 heterocycles. The van der Waals surface area contributed by atoms with E-state index in [2.05, 4.69) is 30.9 Å². The summed E-state index contributed by atoms with van der Waals surface area (Å²) >= 11 is 5.98. The van der Waals surface area contributed by atoms with Crippen LogP contribution >= 0.6 is 11.6 Å². The molecule has 4 rings (SSSR count). The van der Waals surface area contributed by atoms with E-state index < -0.39 is 11.1 Å². The van der Waals surface area contributed by atoms with Crippen molar-refractivity contribution < 1.29 is 4.52 Å². The van der Waals surface area contributed by atoms with Gasteiger partial charge in [-0.25, -0.2) is 0 Å². The SMILES string of the molecule is CC(C)(C)c1ccc(-c2noc(Cn3ccn(-c4cccc(Cl)c4)c(=O)c3=O)n2)cc1. The quantitative estimate of drug-likeness (QED) is 0.451. The van der Waals surface area contributed by atoms with Crippen LogP contribution in [0.1, 0.15) is 32.2 Å². The second-order valence-electron chi connectivity index (χ2n) is 8.23. The zero-order chi connectivity index (χ0) is 22.2. The molecule has 8 heteroatoms. The normalized spacial score (nSPS) is 11.6. The second kappa shape index (κ2) is 8.00. The summed E-state index contributed by atoms with van der Waals surface area (Å²) in [4.78, 5) is 29.5. The number of benzene rings is 2. The molecule has 0 spiro atoms. The minimum absolute atomic E-state index is 0.00245. The maximum atomic E-state index is 12.6. The number of halogens is 1. The van der Waals surface area contributed by atoms with E-state index in [4.69, 9.17) is 16.1 Å². The first-order chi connectivity index (χ1) is 14.7. The molecule has 0 saturated heterocycles. The molecular formula is C23H21ClN4O3. The standard InChI is InChI=1S/C23H21ClN4O3/c1-23(2,3)16-9-7-15(8-10-16)20-25-19(31-26-20)14-27-11-12-28(22(30)21(27)29)18-6-4-5-17(24)13-18/h4-13H,14H2,1-3H3. The molecule has 7 nitrogen and oxygen atoms in total. The Bertz CT molecular complexity index is 1340. The maximum Gasteiger partial charge on any atom is 0.320 e. The molecule has 158 valence electrons.